The molecule has 7 heteroatoms. The lowest BCUT2D eigenvalue weighted by molar-refractivity contribution is -0.140. The van der Waals surface area contributed by atoms with Crippen LogP contribution in [-0.2, 0) is 4.79 Å². The van der Waals surface area contributed by atoms with Gasteiger partial charge in [-0.1, -0.05) is 0 Å². The number of rotatable bonds is 6. The first-order valence-corrected chi connectivity index (χ1v) is 5.84. The van der Waals surface area contributed by atoms with Crippen LogP contribution in [0.5, 0.6) is 0 Å². The van der Waals surface area contributed by atoms with Gasteiger partial charge in [-0.3, -0.25) is 4.68 Å². The van der Waals surface area contributed by atoms with Crippen molar-refractivity contribution in [2.24, 2.45) is 0 Å². The maximum Gasteiger partial charge on any atom is 0.328 e. The van der Waals surface area contributed by atoms with E-state index in [4.69, 9.17) is 5.11 Å². The smallest absolute Gasteiger partial charge is 0.328 e. The molecule has 3 N–H and O–H groups in total. The molecule has 0 spiro atoms. The molecule has 0 aliphatic heterocycles. The van der Waals surface area contributed by atoms with Crippen LogP contribution in [0.3, 0.4) is 0 Å². The van der Waals surface area contributed by atoms with Crippen LogP contribution in [0.1, 0.15) is 31.1 Å². The summed E-state index contributed by atoms with van der Waals surface area (Å²) < 4.78 is 1.23. The third-order valence-electron chi connectivity index (χ3n) is 2.51. The first kappa shape index (κ1) is 14.0. The fourth-order valence-electron chi connectivity index (χ4n) is 1.34. The van der Waals surface area contributed by atoms with Crippen LogP contribution >= 0.6 is 12.6 Å². The second kappa shape index (κ2) is 6.04. The lowest BCUT2D eigenvalue weighted by atomic mass is 10.1. The topological polar surface area (TPSA) is 95.6 Å². The largest absolute Gasteiger partial charge is 0.480 e. The van der Waals surface area contributed by atoms with Crippen LogP contribution < -0.4 is 0 Å². The summed E-state index contributed by atoms with van der Waals surface area (Å²) in [6.45, 7) is 1.48. The van der Waals surface area contributed by atoms with E-state index in [0.717, 1.165) is 0 Å². The van der Waals surface area contributed by atoms with E-state index < -0.39 is 24.2 Å². The Morgan fingerprint density at radius 1 is 1.59 bits per heavy atom. The highest BCUT2D eigenvalue weighted by Gasteiger charge is 2.21. The van der Waals surface area contributed by atoms with Crippen LogP contribution in [0.15, 0.2) is 12.4 Å². The fourth-order valence-corrected chi connectivity index (χ4v) is 1.61. The zero-order chi connectivity index (χ0) is 13.0. The molecular weight excluding hydrogens is 244 g/mol. The van der Waals surface area contributed by atoms with Crippen LogP contribution in [0.25, 0.3) is 0 Å². The first-order chi connectivity index (χ1) is 7.97. The summed E-state index contributed by atoms with van der Waals surface area (Å²) in [4.78, 5) is 10.7. The number of carboxylic acids is 1. The summed E-state index contributed by atoms with van der Waals surface area (Å²) in [6.07, 6.45) is 1.13. The molecule has 0 amide bonds. The molecule has 3 atom stereocenters. The van der Waals surface area contributed by atoms with Gasteiger partial charge in [0.05, 0.1) is 12.3 Å². The summed E-state index contributed by atoms with van der Waals surface area (Å²) in [5, 5.41) is 32.0. The Morgan fingerprint density at radius 3 is 2.76 bits per heavy atom. The molecule has 17 heavy (non-hydrogen) atoms. The van der Waals surface area contributed by atoms with Crippen molar-refractivity contribution in [2.45, 2.75) is 31.6 Å². The molecule has 0 aliphatic carbocycles. The van der Waals surface area contributed by atoms with E-state index in [1.165, 1.54) is 24.0 Å². The molecule has 1 heterocycles. The molecule has 0 radical (unpaired) electrons. The van der Waals surface area contributed by atoms with Crippen molar-refractivity contribution in [3.8, 4) is 0 Å². The van der Waals surface area contributed by atoms with Gasteiger partial charge in [0.15, 0.2) is 0 Å². The Balaban J connectivity index is 2.77. The second-order valence-electron chi connectivity index (χ2n) is 3.79. The predicted molar refractivity (Wildman–Crippen MR) is 64.0 cm³/mol. The molecule has 0 bridgehead atoms. The van der Waals surface area contributed by atoms with Crippen molar-refractivity contribution in [1.29, 1.82) is 0 Å². The van der Waals surface area contributed by atoms with E-state index in [2.05, 4.69) is 17.7 Å². The van der Waals surface area contributed by atoms with Crippen molar-refractivity contribution in [3.05, 3.63) is 18.0 Å². The number of carbonyl (C=O) groups is 1. The summed E-state index contributed by atoms with van der Waals surface area (Å²) >= 11 is 3.96. The average Bonchev–Trinajstić information content (AvgIpc) is 2.76. The Hall–Kier alpha value is -1.05. The quantitative estimate of drug-likeness (QED) is 0.550. The highest BCUT2D eigenvalue weighted by atomic mass is 32.1. The normalized spacial score (nSPS) is 16.5. The van der Waals surface area contributed by atoms with Crippen molar-refractivity contribution < 1.29 is 20.1 Å². The standard InChI is InChI=1S/C10H16N2O4S/c1-6(10(15)16)12-5-7(4-11-12)9(14)8(13)2-3-17/h4-6,8-9,13-14,17H,2-3H2,1H3,(H,15,16)/t6-,8?,9?/m0/s1. The van der Waals surface area contributed by atoms with Gasteiger partial charge in [-0.05, 0) is 19.1 Å². The molecule has 0 saturated heterocycles. The number of thiol groups is 1. The van der Waals surface area contributed by atoms with Crippen LogP contribution in [0.2, 0.25) is 0 Å². The van der Waals surface area contributed by atoms with Crippen molar-refractivity contribution in [2.75, 3.05) is 5.75 Å². The van der Waals surface area contributed by atoms with Crippen LogP contribution in [-0.4, -0.2) is 42.9 Å². The van der Waals surface area contributed by atoms with Gasteiger partial charge in [-0.25, -0.2) is 4.79 Å². The predicted octanol–water partition coefficient (Wildman–Crippen LogP) is 0.243. The van der Waals surface area contributed by atoms with Crippen molar-refractivity contribution in [1.82, 2.24) is 9.78 Å². The number of nitrogens with zero attached hydrogens (tertiary/aromatic N) is 2. The number of aliphatic carboxylic acids is 1. The molecule has 0 fully saturated rings. The Morgan fingerprint density at radius 2 is 2.24 bits per heavy atom. The molecule has 1 aromatic heterocycles. The van der Waals surface area contributed by atoms with Gasteiger partial charge in [0.1, 0.15) is 12.1 Å². The Bertz CT molecular complexity index is 382. The van der Waals surface area contributed by atoms with Crippen molar-refractivity contribution in [3.63, 3.8) is 0 Å². The number of hydrogen-bond acceptors (Lipinski definition) is 5. The summed E-state index contributed by atoms with van der Waals surface area (Å²) in [5.41, 5.74) is 0.396. The van der Waals surface area contributed by atoms with Gasteiger partial charge in [0.2, 0.25) is 0 Å². The number of hydrogen-bond donors (Lipinski definition) is 4. The zero-order valence-electron chi connectivity index (χ0n) is 9.39. The van der Waals surface area contributed by atoms with Crippen LogP contribution in [0, 0.1) is 0 Å². The summed E-state index contributed by atoms with van der Waals surface area (Å²) in [6, 6.07) is -0.807. The molecule has 0 saturated carbocycles. The number of carboxylic acid groups (broad SMARTS) is 1. The zero-order valence-corrected chi connectivity index (χ0v) is 10.3. The summed E-state index contributed by atoms with van der Waals surface area (Å²) in [7, 11) is 0. The minimum Gasteiger partial charge on any atom is -0.480 e. The van der Waals surface area contributed by atoms with E-state index in [1.807, 2.05) is 0 Å². The van der Waals surface area contributed by atoms with E-state index in [9.17, 15) is 15.0 Å². The highest BCUT2D eigenvalue weighted by Crippen LogP contribution is 2.19. The summed E-state index contributed by atoms with van der Waals surface area (Å²) in [5.74, 6) is -0.553. The second-order valence-corrected chi connectivity index (χ2v) is 4.24. The monoisotopic (exact) mass is 260 g/mol. The van der Waals surface area contributed by atoms with Gasteiger partial charge < -0.3 is 15.3 Å². The molecule has 0 aliphatic rings. The third kappa shape index (κ3) is 3.45. The minimum atomic E-state index is -1.07. The third-order valence-corrected chi connectivity index (χ3v) is 2.76. The molecule has 2 unspecified atom stereocenters. The van der Waals surface area contributed by atoms with Crippen molar-refractivity contribution >= 4 is 18.6 Å². The number of aromatic nitrogens is 2. The molecular formula is C10H16N2O4S. The highest BCUT2D eigenvalue weighted by molar-refractivity contribution is 7.80. The fraction of sp³-hybridized carbons (Fsp3) is 0.600. The van der Waals surface area contributed by atoms with E-state index in [0.29, 0.717) is 17.7 Å². The van der Waals surface area contributed by atoms with E-state index in [1.54, 1.807) is 0 Å². The Kier molecular flexibility index (Phi) is 4.98. The number of aliphatic hydroxyl groups is 2. The molecule has 6 nitrogen and oxygen atoms in total. The maximum absolute atomic E-state index is 10.7. The minimum absolute atomic E-state index is 0.351. The van der Waals surface area contributed by atoms with Gasteiger partial charge in [-0.2, -0.15) is 17.7 Å². The lowest BCUT2D eigenvalue weighted by Crippen LogP contribution is -2.19. The maximum atomic E-state index is 10.7. The van der Waals surface area contributed by atoms with E-state index in [-0.39, 0.29) is 0 Å². The molecule has 96 valence electrons. The van der Waals surface area contributed by atoms with Gasteiger partial charge in [0.25, 0.3) is 0 Å². The van der Waals surface area contributed by atoms with Crippen LogP contribution in [0.4, 0.5) is 0 Å². The molecule has 1 aromatic rings. The average molecular weight is 260 g/mol. The lowest BCUT2D eigenvalue weighted by Gasteiger charge is -2.15. The Labute approximate surface area is 104 Å². The first-order valence-electron chi connectivity index (χ1n) is 5.21. The molecule has 0 aromatic carbocycles. The molecule has 1 rings (SSSR count). The van der Waals surface area contributed by atoms with E-state index >= 15 is 0 Å². The van der Waals surface area contributed by atoms with Gasteiger partial charge >= 0.3 is 5.97 Å². The number of aliphatic hydroxyl groups excluding tert-OH is 2. The van der Waals surface area contributed by atoms with Gasteiger partial charge in [0, 0.05) is 11.8 Å². The van der Waals surface area contributed by atoms with Gasteiger partial charge in [-0.15, -0.1) is 0 Å². The SMILES string of the molecule is C[C@@H](C(=O)O)n1cc(C(O)C(O)CCS)cn1.